The number of primary amides is 2. The molecule has 0 bridgehead atoms. The lowest BCUT2D eigenvalue weighted by Crippen LogP contribution is -2.72. The molecule has 0 radical (unpaired) electrons. The fourth-order valence-electron chi connectivity index (χ4n) is 14.0. The van der Waals surface area contributed by atoms with E-state index in [1.54, 1.807) is 43.3 Å². The molecule has 5 fully saturated rings. The third-order valence-electron chi connectivity index (χ3n) is 21.0. The summed E-state index contributed by atoms with van der Waals surface area (Å²) < 4.78 is 95.4. The standard InChI is InChI=1S/C81H125N6O36P/c1-40(2)16-14-18-41(3)21-22-43(5)29-33-80(9,10)32-13-12-17-42(4)30-35-111-53(73(104)105)39-113-124(108,109)123-78-68(69(122-79(84)106)81(11,107)70(121-78)71(83)102)120-75-56(86-46(8)90)59(96)66(51(115-75)31-36-112-76-63(100)60(97)57(94)52(38-88)116-76)118-74-55(85-45(7)89)58(95)65(44(6)114-74)117-77-64(101)61(98)62(99)67(119-77)72(103)87-49(50(91)27-28-54(92)93)20-15-19-47-23-25-48(26-24-47)110-37-34-82/h13,15-16,19,21,23-26,30,32,44,49,51-53,55-70,74-78,88,94-101,107H,5,12,14,17-18,20,22,27-29,31,33-39,82H2,1-4,6-11H3,(H2,83,102)(H2,84,106)(H,85,89)(H,86,90)(H,87,103)(H,92,93)(H,104,105)(H,108,109)/b19-15+,32-13+,41-21+,42-30-/t44-,49?,51-,52-,53?,55-,56-,57-,58-,59-,60+,61+,62-,63-,64-,65-,66-,67+,68-,69-,70-,74+,75+,76-,77-,78-,81+/m1/s1. The van der Waals surface area contributed by atoms with Crippen LogP contribution in [0.15, 0.2) is 89.6 Å². The van der Waals surface area contributed by atoms with Crippen LogP contribution in [0.1, 0.15) is 145 Å². The minimum atomic E-state index is -5.86. The van der Waals surface area contributed by atoms with Crippen LogP contribution in [-0.2, 0) is 99.3 Å². The minimum Gasteiger partial charge on any atom is -0.492 e. The van der Waals surface area contributed by atoms with E-state index in [-0.39, 0.29) is 31.6 Å². The van der Waals surface area contributed by atoms with E-state index < -0.39 is 259 Å². The van der Waals surface area contributed by atoms with Gasteiger partial charge in [0.2, 0.25) is 17.7 Å². The maximum Gasteiger partial charge on any atom is 0.474 e. The van der Waals surface area contributed by atoms with Gasteiger partial charge in [0.15, 0.2) is 67.8 Å². The highest BCUT2D eigenvalue weighted by molar-refractivity contribution is 7.47. The summed E-state index contributed by atoms with van der Waals surface area (Å²) in [7, 11) is -5.86. The van der Waals surface area contributed by atoms with Gasteiger partial charge in [0.25, 0.3) is 5.91 Å². The van der Waals surface area contributed by atoms with Crippen molar-refractivity contribution in [2.45, 2.75) is 305 Å². The van der Waals surface area contributed by atoms with Gasteiger partial charge in [0.1, 0.15) is 97.2 Å². The number of Topliss-reactive ketones (excluding diaryl/α,β-unsaturated/α-hetero) is 1. The van der Waals surface area contributed by atoms with Gasteiger partial charge < -0.3 is 156 Å². The minimum absolute atomic E-state index is 0.154. The molecule has 5 aliphatic rings. The largest absolute Gasteiger partial charge is 0.492 e. The summed E-state index contributed by atoms with van der Waals surface area (Å²) >= 11 is 0. The normalized spacial score (nSPS) is 32.3. The lowest BCUT2D eigenvalue weighted by atomic mass is 9.85. The Kier molecular flexibility index (Phi) is 41.7. The first-order valence-corrected chi connectivity index (χ1v) is 42.1. The number of benzene rings is 1. The molecule has 43 heteroatoms. The Morgan fingerprint density at radius 1 is 0.677 bits per heavy atom. The van der Waals surface area contributed by atoms with E-state index in [1.165, 1.54) is 24.1 Å². The van der Waals surface area contributed by atoms with Crippen molar-refractivity contribution < 1.29 is 175 Å². The Balaban J connectivity index is 1.26. The Labute approximate surface area is 717 Å². The molecule has 124 heavy (non-hydrogen) atoms. The molecule has 6 rings (SSSR count). The number of rotatable bonds is 48. The van der Waals surface area contributed by atoms with Gasteiger partial charge in [-0.25, -0.2) is 14.2 Å². The second kappa shape index (κ2) is 49.2. The van der Waals surface area contributed by atoms with Gasteiger partial charge in [0, 0.05) is 26.8 Å². The zero-order valence-electron chi connectivity index (χ0n) is 71.0. The average Bonchev–Trinajstić information content (AvgIpc) is 0.745. The fourth-order valence-corrected chi connectivity index (χ4v) is 14.8. The number of aliphatic hydroxyl groups excluding tert-OH is 9. The smallest absolute Gasteiger partial charge is 0.474 e. The molecule has 0 saturated carbocycles. The SMILES string of the molecule is C=C(C/C=C(\C)CCC=C(C)C)CCC(C)(C)/C=C/CC/C(C)=C\COC(COP(=O)(O)O[C@H]1O[C@H](C(N)=O)[C@@](C)(O)[C@H](OC(N)=O)[C@H]1O[C@@H]1O[C@H](CCO[C@@H]2O[C@H](CO)[C@@H](O)[C@H](O)[C@H]2O)[C@@H](O[C@@H]2O[C@H](C)[C@@H](O[C@@H]3O[C@H](C(=O)NC(C/C=C/c4ccc(OCCN)cc4)C(=O)CCC(=O)O)[C@H](O)[C@H](O)[C@H]3O)[C@H](O)[C@H]2NC(C)=O)[C@H](O)[C@H]1NC(C)=O)C(=O)O. The number of hydrogen-bond acceptors (Lipinski definition) is 34. The fraction of sp³-hybridized carbons (Fsp3) is 0.679. The summed E-state index contributed by atoms with van der Waals surface area (Å²) in [6, 6.07) is 1.17. The Morgan fingerprint density at radius 3 is 1.88 bits per heavy atom. The molecule has 1 aromatic rings. The summed E-state index contributed by atoms with van der Waals surface area (Å²) in [5.41, 5.74) is 18.7. The maximum atomic E-state index is 14.2. The summed E-state index contributed by atoms with van der Waals surface area (Å²) in [6.07, 6.45) is -33.8. The van der Waals surface area contributed by atoms with Crippen LogP contribution in [0.3, 0.4) is 0 Å². The Bertz CT molecular complexity index is 3900. The van der Waals surface area contributed by atoms with Crippen LogP contribution in [0.5, 0.6) is 5.75 Å². The Hall–Kier alpha value is -7.51. The molecule has 0 aliphatic carbocycles. The molecule has 700 valence electrons. The first kappa shape index (κ1) is 105. The maximum absolute atomic E-state index is 14.2. The molecule has 1 aromatic carbocycles. The van der Waals surface area contributed by atoms with E-state index in [9.17, 15) is 109 Å². The third-order valence-corrected chi connectivity index (χ3v) is 21.9. The molecule has 5 aliphatic heterocycles. The van der Waals surface area contributed by atoms with Crippen molar-refractivity contribution in [3.63, 3.8) is 0 Å². The third kappa shape index (κ3) is 31.8. The molecule has 0 aromatic heterocycles. The highest BCUT2D eigenvalue weighted by atomic mass is 31.2. The van der Waals surface area contributed by atoms with Crippen LogP contribution in [0.2, 0.25) is 0 Å². The monoisotopic (exact) mass is 1790 g/mol. The number of ketones is 1. The van der Waals surface area contributed by atoms with Gasteiger partial charge >= 0.3 is 25.9 Å². The molecule has 28 atom stereocenters. The van der Waals surface area contributed by atoms with Crippen molar-refractivity contribution in [1.29, 1.82) is 0 Å². The molecule has 3 unspecified atom stereocenters. The lowest BCUT2D eigenvalue weighted by Gasteiger charge is -2.52. The molecular weight excluding hydrogens is 1660 g/mol. The molecular formula is C81H125N6O36P. The number of phosphoric acid groups is 1. The van der Waals surface area contributed by atoms with Crippen molar-refractivity contribution in [3.8, 4) is 5.75 Å². The number of aliphatic carboxylic acids is 2. The summed E-state index contributed by atoms with van der Waals surface area (Å²) in [4.78, 5) is 116. The number of allylic oxidation sites excluding steroid dienone is 8. The van der Waals surface area contributed by atoms with E-state index in [2.05, 4.69) is 75.4 Å². The molecule has 5 heterocycles. The van der Waals surface area contributed by atoms with Crippen molar-refractivity contribution >= 4 is 61.3 Å². The highest BCUT2D eigenvalue weighted by Crippen LogP contribution is 2.49. The number of nitrogens with one attached hydrogen (secondary N) is 3. The molecule has 5 saturated heterocycles. The van der Waals surface area contributed by atoms with Gasteiger partial charge in [-0.1, -0.05) is 97.4 Å². The summed E-state index contributed by atoms with van der Waals surface area (Å²) in [5.74, 6) is -8.08. The first-order valence-electron chi connectivity index (χ1n) is 40.6. The van der Waals surface area contributed by atoms with Crippen LogP contribution in [0.4, 0.5) is 4.79 Å². The zero-order valence-corrected chi connectivity index (χ0v) is 71.9. The molecule has 22 N–H and O–H groups in total. The van der Waals surface area contributed by atoms with Gasteiger partial charge in [-0.3, -0.25) is 37.8 Å². The number of carbonyl (C=O) groups is 8. The quantitative estimate of drug-likeness (QED) is 0.0288. The van der Waals surface area contributed by atoms with E-state index in [0.717, 1.165) is 64.0 Å². The first-order chi connectivity index (χ1) is 58.2. The van der Waals surface area contributed by atoms with Crippen LogP contribution in [0, 0.1) is 5.41 Å². The lowest BCUT2D eigenvalue weighted by molar-refractivity contribution is -0.370. The molecule has 42 nitrogen and oxygen atoms in total. The predicted octanol–water partition coefficient (Wildman–Crippen LogP) is -0.527. The Morgan fingerprint density at radius 2 is 1.27 bits per heavy atom. The number of hydrogen-bond donors (Lipinski definition) is 19. The van der Waals surface area contributed by atoms with Crippen LogP contribution >= 0.6 is 7.82 Å². The second-order valence-electron chi connectivity index (χ2n) is 32.2. The number of carboxylic acid groups (broad SMARTS) is 2. The topological polar surface area (TPSA) is 660 Å². The van der Waals surface area contributed by atoms with E-state index in [4.69, 9.17) is 83.1 Å². The van der Waals surface area contributed by atoms with E-state index in [0.29, 0.717) is 24.2 Å². The van der Waals surface area contributed by atoms with Gasteiger partial charge in [-0.05, 0) is 122 Å². The number of carboxylic acids is 2. The number of phosphoric ester groups is 1. The number of aliphatic hydroxyl groups is 10. The van der Waals surface area contributed by atoms with Crippen molar-refractivity contribution in [3.05, 3.63) is 95.2 Å². The van der Waals surface area contributed by atoms with Crippen molar-refractivity contribution in [1.82, 2.24) is 16.0 Å². The highest BCUT2D eigenvalue weighted by Gasteiger charge is 2.62. The molecule has 0 spiro atoms. The summed E-state index contributed by atoms with van der Waals surface area (Å²) in [6.45, 7) is 17.7. The number of amides is 5. The van der Waals surface area contributed by atoms with E-state index >= 15 is 0 Å². The van der Waals surface area contributed by atoms with Crippen molar-refractivity contribution in [2.24, 2.45) is 22.6 Å². The zero-order chi connectivity index (χ0) is 92.4. The molecule has 5 amide bonds. The number of ether oxygens (including phenoxy) is 12. The van der Waals surface area contributed by atoms with Gasteiger partial charge in [-0.2, -0.15) is 0 Å². The van der Waals surface area contributed by atoms with Gasteiger partial charge in [-0.15, -0.1) is 0 Å². The second-order valence-corrected chi connectivity index (χ2v) is 33.6. The van der Waals surface area contributed by atoms with Gasteiger partial charge in [0.05, 0.1) is 51.1 Å². The van der Waals surface area contributed by atoms with E-state index in [1.807, 2.05) is 6.08 Å². The van der Waals surface area contributed by atoms with Crippen LogP contribution in [0.25, 0.3) is 6.08 Å². The number of carbonyl (C=O) groups excluding carboxylic acids is 6. The van der Waals surface area contributed by atoms with Crippen LogP contribution in [-0.4, -0.2) is 318 Å². The average molecular weight is 1790 g/mol. The summed E-state index contributed by atoms with van der Waals surface area (Å²) in [5, 5.41) is 140. The predicted molar refractivity (Wildman–Crippen MR) is 433 cm³/mol. The number of nitrogens with two attached hydrogens (primary N) is 3. The van der Waals surface area contributed by atoms with Crippen LogP contribution < -0.4 is 37.9 Å². The van der Waals surface area contributed by atoms with Crippen molar-refractivity contribution in [2.75, 3.05) is 39.6 Å².